The molecule has 1 fully saturated rings. The fraction of sp³-hybridized carbons (Fsp3) is 0.474. The minimum Gasteiger partial charge on any atom is -0.492 e. The Bertz CT molecular complexity index is 883. The van der Waals surface area contributed by atoms with E-state index in [0.29, 0.717) is 18.2 Å². The van der Waals surface area contributed by atoms with Crippen LogP contribution in [0.15, 0.2) is 39.9 Å². The van der Waals surface area contributed by atoms with Gasteiger partial charge in [-0.25, -0.2) is 4.79 Å². The Kier molecular flexibility index (Phi) is 6.36. The van der Waals surface area contributed by atoms with Crippen molar-refractivity contribution in [3.05, 3.63) is 61.9 Å². The van der Waals surface area contributed by atoms with Crippen LogP contribution >= 0.6 is 11.6 Å². The first-order valence-corrected chi connectivity index (χ1v) is 9.41. The first kappa shape index (κ1) is 19.7. The zero-order chi connectivity index (χ0) is 19.4. The molecule has 0 radical (unpaired) electrons. The number of hydrogen-bond donors (Lipinski definition) is 0. The van der Waals surface area contributed by atoms with Crippen molar-refractivity contribution >= 4 is 11.6 Å². The van der Waals surface area contributed by atoms with Crippen LogP contribution in [0.5, 0.6) is 5.75 Å². The van der Waals surface area contributed by atoms with Gasteiger partial charge in [0, 0.05) is 70.1 Å². The minimum atomic E-state index is -0.282. The number of ether oxygens (including phenoxy) is 1. The monoisotopic (exact) mass is 392 g/mol. The van der Waals surface area contributed by atoms with Crippen molar-refractivity contribution < 1.29 is 4.74 Å². The molecule has 2 heterocycles. The zero-order valence-electron chi connectivity index (χ0n) is 15.7. The quantitative estimate of drug-likeness (QED) is 0.732. The van der Waals surface area contributed by atoms with Crippen LogP contribution in [-0.2, 0) is 20.6 Å². The van der Waals surface area contributed by atoms with Crippen LogP contribution in [0.4, 0.5) is 0 Å². The maximum atomic E-state index is 12.0. The van der Waals surface area contributed by atoms with Gasteiger partial charge in [-0.05, 0) is 24.3 Å². The third-order valence-electron chi connectivity index (χ3n) is 4.97. The maximum absolute atomic E-state index is 12.0. The van der Waals surface area contributed by atoms with Gasteiger partial charge in [-0.15, -0.1) is 0 Å². The number of hydrogen-bond acceptors (Lipinski definition) is 5. The highest BCUT2D eigenvalue weighted by atomic mass is 35.5. The largest absolute Gasteiger partial charge is 0.492 e. The summed E-state index contributed by atoms with van der Waals surface area (Å²) in [5.74, 6) is 0.824. The molecule has 0 unspecified atom stereocenters. The average molecular weight is 393 g/mol. The summed E-state index contributed by atoms with van der Waals surface area (Å²) < 4.78 is 8.43. The van der Waals surface area contributed by atoms with Gasteiger partial charge in [-0.1, -0.05) is 11.6 Å². The lowest BCUT2D eigenvalue weighted by Gasteiger charge is -2.34. The van der Waals surface area contributed by atoms with Crippen LogP contribution in [-0.4, -0.2) is 58.3 Å². The molecule has 146 valence electrons. The van der Waals surface area contributed by atoms with Crippen molar-refractivity contribution in [3.8, 4) is 5.75 Å². The van der Waals surface area contributed by atoms with Crippen LogP contribution in [0.1, 0.15) is 5.69 Å². The van der Waals surface area contributed by atoms with Crippen LogP contribution in [0.3, 0.4) is 0 Å². The normalized spacial score (nSPS) is 15.8. The van der Waals surface area contributed by atoms with Crippen LogP contribution in [0, 0.1) is 0 Å². The Morgan fingerprint density at radius 1 is 0.963 bits per heavy atom. The molecule has 1 aromatic carbocycles. The molecule has 1 aliphatic heterocycles. The van der Waals surface area contributed by atoms with E-state index in [1.807, 2.05) is 24.3 Å². The molecule has 1 aliphatic rings. The zero-order valence-corrected chi connectivity index (χ0v) is 16.5. The molecule has 8 heteroatoms. The molecule has 0 atom stereocenters. The van der Waals surface area contributed by atoms with Gasteiger partial charge in [0.2, 0.25) is 0 Å². The third kappa shape index (κ3) is 5.00. The fourth-order valence-electron chi connectivity index (χ4n) is 3.15. The Morgan fingerprint density at radius 2 is 1.59 bits per heavy atom. The fourth-order valence-corrected chi connectivity index (χ4v) is 3.28. The second-order valence-corrected chi connectivity index (χ2v) is 7.23. The van der Waals surface area contributed by atoms with Crippen LogP contribution in [0.25, 0.3) is 0 Å². The van der Waals surface area contributed by atoms with E-state index in [2.05, 4.69) is 9.80 Å². The smallest absolute Gasteiger partial charge is 0.330 e. The van der Waals surface area contributed by atoms with Gasteiger partial charge < -0.3 is 4.74 Å². The van der Waals surface area contributed by atoms with Gasteiger partial charge in [-0.2, -0.15) is 0 Å². The van der Waals surface area contributed by atoms with E-state index in [4.69, 9.17) is 16.3 Å². The molecule has 0 spiro atoms. The molecule has 27 heavy (non-hydrogen) atoms. The predicted molar refractivity (Wildman–Crippen MR) is 106 cm³/mol. The van der Waals surface area contributed by atoms with Crippen molar-refractivity contribution in [1.82, 2.24) is 18.9 Å². The Morgan fingerprint density at radius 3 is 2.26 bits per heavy atom. The molecular formula is C19H25ClN4O3. The van der Waals surface area contributed by atoms with Gasteiger partial charge in [0.05, 0.1) is 0 Å². The summed E-state index contributed by atoms with van der Waals surface area (Å²) in [6.45, 7) is 5.75. The van der Waals surface area contributed by atoms with E-state index < -0.39 is 0 Å². The van der Waals surface area contributed by atoms with E-state index >= 15 is 0 Å². The molecule has 0 saturated carbocycles. The number of rotatable bonds is 6. The first-order chi connectivity index (χ1) is 12.9. The van der Waals surface area contributed by atoms with Gasteiger partial charge in [-0.3, -0.25) is 23.7 Å². The van der Waals surface area contributed by atoms with E-state index in [-0.39, 0.29) is 11.2 Å². The van der Waals surface area contributed by atoms with Crippen molar-refractivity contribution in [1.29, 1.82) is 0 Å². The molecule has 1 saturated heterocycles. The number of aromatic nitrogens is 2. The maximum Gasteiger partial charge on any atom is 0.330 e. The predicted octanol–water partition coefficient (Wildman–Crippen LogP) is 0.934. The number of halogens is 1. The highest BCUT2D eigenvalue weighted by molar-refractivity contribution is 6.30. The molecular weight excluding hydrogens is 368 g/mol. The summed E-state index contributed by atoms with van der Waals surface area (Å²) in [5, 5.41) is 0.701. The lowest BCUT2D eigenvalue weighted by Crippen LogP contribution is -2.48. The average Bonchev–Trinajstić information content (AvgIpc) is 2.67. The summed E-state index contributed by atoms with van der Waals surface area (Å²) in [5.41, 5.74) is 0.212. The number of piperazine rings is 1. The van der Waals surface area contributed by atoms with E-state index in [1.165, 1.54) is 7.05 Å². The molecule has 0 aliphatic carbocycles. The summed E-state index contributed by atoms with van der Waals surface area (Å²) in [6, 6.07) is 8.93. The Balaban J connectivity index is 1.46. The molecule has 3 rings (SSSR count). The van der Waals surface area contributed by atoms with Gasteiger partial charge in [0.15, 0.2) is 0 Å². The third-order valence-corrected chi connectivity index (χ3v) is 5.22. The topological polar surface area (TPSA) is 59.7 Å². The van der Waals surface area contributed by atoms with Gasteiger partial charge in [0.25, 0.3) is 5.56 Å². The van der Waals surface area contributed by atoms with Crippen molar-refractivity contribution in [2.75, 3.05) is 39.3 Å². The van der Waals surface area contributed by atoms with Gasteiger partial charge in [0.1, 0.15) is 12.4 Å². The SMILES string of the molecule is Cn1c(CN2CCN(CCOc3ccc(Cl)cc3)CC2)cc(=O)n(C)c1=O. The lowest BCUT2D eigenvalue weighted by molar-refractivity contribution is 0.110. The number of nitrogens with zero attached hydrogens (tertiary/aromatic N) is 4. The van der Waals surface area contributed by atoms with Crippen molar-refractivity contribution in [2.24, 2.45) is 14.1 Å². The molecule has 7 nitrogen and oxygen atoms in total. The summed E-state index contributed by atoms with van der Waals surface area (Å²) in [6.07, 6.45) is 0. The van der Waals surface area contributed by atoms with Crippen molar-refractivity contribution in [2.45, 2.75) is 6.54 Å². The molecule has 0 amide bonds. The van der Waals surface area contributed by atoms with E-state index in [0.717, 1.165) is 48.7 Å². The van der Waals surface area contributed by atoms with Crippen LogP contribution in [0.2, 0.25) is 5.02 Å². The molecule has 2 aromatic rings. The summed E-state index contributed by atoms with van der Waals surface area (Å²) >= 11 is 5.87. The Labute approximate surface area is 163 Å². The first-order valence-electron chi connectivity index (χ1n) is 9.03. The standard InChI is InChI=1S/C19H25ClN4O3/c1-21-16(13-18(25)22(2)19(21)26)14-24-9-7-23(8-10-24)11-12-27-17-5-3-15(20)4-6-17/h3-6,13H,7-12,14H2,1-2H3. The molecule has 0 bridgehead atoms. The summed E-state index contributed by atoms with van der Waals surface area (Å²) in [4.78, 5) is 28.5. The van der Waals surface area contributed by atoms with Gasteiger partial charge >= 0.3 is 5.69 Å². The highest BCUT2D eigenvalue weighted by Gasteiger charge is 2.18. The van der Waals surface area contributed by atoms with Crippen LogP contribution < -0.4 is 16.0 Å². The molecule has 0 N–H and O–H groups in total. The minimum absolute atomic E-state index is 0.258. The second-order valence-electron chi connectivity index (χ2n) is 6.79. The Hall–Kier alpha value is -2.09. The second kappa shape index (κ2) is 8.73. The lowest BCUT2D eigenvalue weighted by atomic mass is 10.2. The van der Waals surface area contributed by atoms with E-state index in [9.17, 15) is 9.59 Å². The summed E-state index contributed by atoms with van der Waals surface area (Å²) in [7, 11) is 3.21. The number of benzene rings is 1. The molecule has 1 aromatic heterocycles. The van der Waals surface area contributed by atoms with E-state index in [1.54, 1.807) is 17.7 Å². The van der Waals surface area contributed by atoms with Crippen molar-refractivity contribution in [3.63, 3.8) is 0 Å². The highest BCUT2D eigenvalue weighted by Crippen LogP contribution is 2.15.